The Kier molecular flexibility index (Phi) is 3.27. The maximum absolute atomic E-state index is 12.2. The standard InChI is InChI=1S/C15H12ClN3O2/c16-11-7-12-9(6-14(20)18-12)5-13(11)19-15(21)8-2-1-3-10(17)4-8/h1-5,7H,6,17H2,(H,18,20)(H,19,21). The number of hydrogen-bond acceptors (Lipinski definition) is 3. The average Bonchev–Trinajstić information content (AvgIpc) is 2.78. The fourth-order valence-electron chi connectivity index (χ4n) is 2.22. The van der Waals surface area contributed by atoms with Crippen molar-refractivity contribution in [3.05, 3.63) is 52.5 Å². The van der Waals surface area contributed by atoms with Gasteiger partial charge in [-0.05, 0) is 35.9 Å². The molecule has 1 aliphatic heterocycles. The van der Waals surface area contributed by atoms with Crippen LogP contribution in [-0.2, 0) is 11.2 Å². The molecule has 3 rings (SSSR count). The zero-order valence-electron chi connectivity index (χ0n) is 10.9. The molecule has 0 saturated heterocycles. The van der Waals surface area contributed by atoms with Crippen LogP contribution < -0.4 is 16.4 Å². The highest BCUT2D eigenvalue weighted by Gasteiger charge is 2.20. The van der Waals surface area contributed by atoms with Crippen LogP contribution in [0.1, 0.15) is 15.9 Å². The number of halogens is 1. The molecule has 0 aliphatic carbocycles. The molecule has 0 radical (unpaired) electrons. The molecule has 0 unspecified atom stereocenters. The summed E-state index contributed by atoms with van der Waals surface area (Å²) in [5.41, 5.74) is 8.58. The van der Waals surface area contributed by atoms with Crippen molar-refractivity contribution in [3.8, 4) is 0 Å². The molecule has 21 heavy (non-hydrogen) atoms. The van der Waals surface area contributed by atoms with Gasteiger partial charge in [0.1, 0.15) is 0 Å². The number of nitrogens with two attached hydrogens (primary N) is 1. The summed E-state index contributed by atoms with van der Waals surface area (Å²) < 4.78 is 0. The van der Waals surface area contributed by atoms with Crippen molar-refractivity contribution in [2.75, 3.05) is 16.4 Å². The monoisotopic (exact) mass is 301 g/mol. The third-order valence-electron chi connectivity index (χ3n) is 3.21. The van der Waals surface area contributed by atoms with Crippen molar-refractivity contribution < 1.29 is 9.59 Å². The summed E-state index contributed by atoms with van der Waals surface area (Å²) in [6.07, 6.45) is 0.285. The molecule has 4 N–H and O–H groups in total. The molecular weight excluding hydrogens is 290 g/mol. The molecule has 2 amide bonds. The van der Waals surface area contributed by atoms with E-state index in [1.54, 1.807) is 36.4 Å². The minimum atomic E-state index is -0.304. The number of hydrogen-bond donors (Lipinski definition) is 3. The number of benzene rings is 2. The molecule has 0 aromatic heterocycles. The SMILES string of the molecule is Nc1cccc(C(=O)Nc2cc3c(cc2Cl)NC(=O)C3)c1. The predicted octanol–water partition coefficient (Wildman–Crippen LogP) is 2.67. The van der Waals surface area contributed by atoms with E-state index in [9.17, 15) is 9.59 Å². The van der Waals surface area contributed by atoms with E-state index in [1.807, 2.05) is 0 Å². The number of carbonyl (C=O) groups excluding carboxylic acids is 2. The summed E-state index contributed by atoms with van der Waals surface area (Å²) in [6, 6.07) is 10.0. The Labute approximate surface area is 126 Å². The van der Waals surface area contributed by atoms with Crippen molar-refractivity contribution in [2.24, 2.45) is 0 Å². The van der Waals surface area contributed by atoms with Crippen LogP contribution in [-0.4, -0.2) is 11.8 Å². The highest BCUT2D eigenvalue weighted by atomic mass is 35.5. The Morgan fingerprint density at radius 1 is 1.29 bits per heavy atom. The Bertz CT molecular complexity index is 759. The molecule has 0 atom stereocenters. The maximum Gasteiger partial charge on any atom is 0.255 e. The molecule has 0 bridgehead atoms. The van der Waals surface area contributed by atoms with Crippen LogP contribution >= 0.6 is 11.6 Å². The van der Waals surface area contributed by atoms with Crippen molar-refractivity contribution in [1.29, 1.82) is 0 Å². The van der Waals surface area contributed by atoms with Gasteiger partial charge in [-0.2, -0.15) is 0 Å². The highest BCUT2D eigenvalue weighted by molar-refractivity contribution is 6.34. The minimum Gasteiger partial charge on any atom is -0.399 e. The highest BCUT2D eigenvalue weighted by Crippen LogP contribution is 2.33. The predicted molar refractivity (Wildman–Crippen MR) is 82.6 cm³/mol. The van der Waals surface area contributed by atoms with Crippen LogP contribution in [0.5, 0.6) is 0 Å². The molecule has 6 heteroatoms. The van der Waals surface area contributed by atoms with Crippen LogP contribution in [0.2, 0.25) is 5.02 Å². The zero-order chi connectivity index (χ0) is 15.0. The average molecular weight is 302 g/mol. The van der Waals surface area contributed by atoms with Crippen LogP contribution in [0.3, 0.4) is 0 Å². The molecular formula is C15H12ClN3O2. The van der Waals surface area contributed by atoms with Gasteiger partial charge in [-0.1, -0.05) is 17.7 Å². The molecule has 106 valence electrons. The lowest BCUT2D eigenvalue weighted by Gasteiger charge is -2.10. The van der Waals surface area contributed by atoms with Crippen molar-refractivity contribution in [2.45, 2.75) is 6.42 Å². The molecule has 0 saturated carbocycles. The van der Waals surface area contributed by atoms with E-state index in [0.717, 1.165) is 5.56 Å². The normalized spacial score (nSPS) is 12.7. The minimum absolute atomic E-state index is 0.0830. The smallest absolute Gasteiger partial charge is 0.255 e. The molecule has 2 aromatic carbocycles. The van der Waals surface area contributed by atoms with Crippen molar-refractivity contribution in [1.82, 2.24) is 0 Å². The largest absolute Gasteiger partial charge is 0.399 e. The second-order valence-electron chi connectivity index (χ2n) is 4.79. The van der Waals surface area contributed by atoms with Gasteiger partial charge in [0.05, 0.1) is 17.1 Å². The summed E-state index contributed by atoms with van der Waals surface area (Å²) in [5.74, 6) is -0.387. The quantitative estimate of drug-likeness (QED) is 0.746. The molecule has 0 fully saturated rings. The number of rotatable bonds is 2. The first-order valence-electron chi connectivity index (χ1n) is 6.32. The first-order chi connectivity index (χ1) is 10.0. The molecule has 5 nitrogen and oxygen atoms in total. The van der Waals surface area contributed by atoms with Gasteiger partial charge >= 0.3 is 0 Å². The number of nitrogens with one attached hydrogen (secondary N) is 2. The summed E-state index contributed by atoms with van der Waals surface area (Å²) in [4.78, 5) is 23.5. The van der Waals surface area contributed by atoms with E-state index >= 15 is 0 Å². The van der Waals surface area contributed by atoms with Gasteiger partial charge in [0.15, 0.2) is 0 Å². The van der Waals surface area contributed by atoms with Gasteiger partial charge in [0.2, 0.25) is 5.91 Å². The Hall–Kier alpha value is -2.53. The summed E-state index contributed by atoms with van der Waals surface area (Å²) >= 11 is 6.13. The molecule has 0 spiro atoms. The van der Waals surface area contributed by atoms with E-state index < -0.39 is 0 Å². The fraction of sp³-hybridized carbons (Fsp3) is 0.0667. The van der Waals surface area contributed by atoms with Crippen LogP contribution in [0.15, 0.2) is 36.4 Å². The first-order valence-corrected chi connectivity index (χ1v) is 6.70. The van der Waals surface area contributed by atoms with E-state index in [0.29, 0.717) is 27.6 Å². The number of amides is 2. The number of fused-ring (bicyclic) bond motifs is 1. The van der Waals surface area contributed by atoms with Crippen molar-refractivity contribution in [3.63, 3.8) is 0 Å². The number of anilines is 3. The van der Waals surface area contributed by atoms with E-state index in [2.05, 4.69) is 10.6 Å². The van der Waals surface area contributed by atoms with E-state index in [1.165, 1.54) is 0 Å². The summed E-state index contributed by atoms with van der Waals surface area (Å²) in [6.45, 7) is 0. The lowest BCUT2D eigenvalue weighted by Crippen LogP contribution is -2.12. The third-order valence-corrected chi connectivity index (χ3v) is 3.53. The summed E-state index contributed by atoms with van der Waals surface area (Å²) in [5, 5.41) is 5.81. The van der Waals surface area contributed by atoms with Crippen LogP contribution in [0, 0.1) is 0 Å². The van der Waals surface area contributed by atoms with E-state index in [-0.39, 0.29) is 18.2 Å². The van der Waals surface area contributed by atoms with Crippen LogP contribution in [0.25, 0.3) is 0 Å². The fourth-order valence-corrected chi connectivity index (χ4v) is 2.43. The van der Waals surface area contributed by atoms with Gasteiger partial charge in [0, 0.05) is 16.9 Å². The molecule has 1 heterocycles. The van der Waals surface area contributed by atoms with Gasteiger partial charge in [-0.3, -0.25) is 9.59 Å². The van der Waals surface area contributed by atoms with Crippen molar-refractivity contribution >= 4 is 40.5 Å². The first kappa shape index (κ1) is 13.5. The lowest BCUT2D eigenvalue weighted by atomic mass is 10.1. The topological polar surface area (TPSA) is 84.2 Å². The van der Waals surface area contributed by atoms with Crippen LogP contribution in [0.4, 0.5) is 17.1 Å². The second-order valence-corrected chi connectivity index (χ2v) is 5.20. The Morgan fingerprint density at radius 2 is 2.10 bits per heavy atom. The van der Waals surface area contributed by atoms with Gasteiger partial charge in [-0.15, -0.1) is 0 Å². The van der Waals surface area contributed by atoms with E-state index in [4.69, 9.17) is 17.3 Å². The lowest BCUT2D eigenvalue weighted by molar-refractivity contribution is -0.115. The van der Waals surface area contributed by atoms with Gasteiger partial charge < -0.3 is 16.4 Å². The zero-order valence-corrected chi connectivity index (χ0v) is 11.7. The molecule has 2 aromatic rings. The Morgan fingerprint density at radius 3 is 2.86 bits per heavy atom. The maximum atomic E-state index is 12.2. The number of carbonyl (C=O) groups is 2. The summed E-state index contributed by atoms with van der Waals surface area (Å²) in [7, 11) is 0. The second kappa shape index (κ2) is 5.10. The Balaban J connectivity index is 1.87. The van der Waals surface area contributed by atoms with Gasteiger partial charge in [0.25, 0.3) is 5.91 Å². The van der Waals surface area contributed by atoms with Gasteiger partial charge in [-0.25, -0.2) is 0 Å². The number of nitrogen functional groups attached to an aromatic ring is 1. The molecule has 1 aliphatic rings. The third kappa shape index (κ3) is 2.68.